The molecule has 2 rings (SSSR count). The number of rotatable bonds is 7. The van der Waals surface area contributed by atoms with Crippen LogP contribution >= 0.6 is 11.8 Å². The van der Waals surface area contributed by atoms with E-state index in [1.807, 2.05) is 18.7 Å². The summed E-state index contributed by atoms with van der Waals surface area (Å²) in [4.78, 5) is 1.24. The summed E-state index contributed by atoms with van der Waals surface area (Å²) >= 11 is 1.87. The highest BCUT2D eigenvalue weighted by Gasteiger charge is 2.15. The first kappa shape index (κ1) is 16.2. The lowest BCUT2D eigenvalue weighted by molar-refractivity contribution is 0.526. The Hall–Kier alpha value is -1.19. The van der Waals surface area contributed by atoms with Gasteiger partial charge >= 0.3 is 0 Å². The second kappa shape index (κ2) is 7.71. The van der Waals surface area contributed by atoms with Crippen LogP contribution in [0.3, 0.4) is 0 Å². The number of benzene rings is 1. The third kappa shape index (κ3) is 4.39. The van der Waals surface area contributed by atoms with Crippen molar-refractivity contribution >= 4 is 11.8 Å². The fourth-order valence-electron chi connectivity index (χ4n) is 2.41. The maximum atomic E-state index is 5.39. The minimum Gasteiger partial charge on any atom is -0.468 e. The zero-order chi connectivity index (χ0) is 15.2. The molecule has 1 aromatic carbocycles. The Kier molecular flexibility index (Phi) is 5.95. The van der Waals surface area contributed by atoms with Crippen molar-refractivity contribution in [1.82, 2.24) is 5.32 Å². The van der Waals surface area contributed by atoms with Crippen LogP contribution in [0, 0.1) is 20.8 Å². The van der Waals surface area contributed by atoms with Crippen molar-refractivity contribution in [2.45, 2.75) is 45.1 Å². The van der Waals surface area contributed by atoms with Crippen LogP contribution in [0.25, 0.3) is 0 Å². The van der Waals surface area contributed by atoms with E-state index in [9.17, 15) is 0 Å². The van der Waals surface area contributed by atoms with E-state index in [0.29, 0.717) is 6.04 Å². The van der Waals surface area contributed by atoms with Crippen molar-refractivity contribution in [3.8, 4) is 0 Å². The average molecular weight is 303 g/mol. The first-order chi connectivity index (χ1) is 10.1. The second-order valence-corrected chi connectivity index (χ2v) is 6.58. The molecule has 0 aliphatic carbocycles. The molecule has 0 spiro atoms. The lowest BCUT2D eigenvalue weighted by atomic mass is 10.00. The molecule has 1 heterocycles. The summed E-state index contributed by atoms with van der Waals surface area (Å²) in [5, 5.41) is 3.68. The van der Waals surface area contributed by atoms with Gasteiger partial charge in [0.2, 0.25) is 0 Å². The van der Waals surface area contributed by atoms with Gasteiger partial charge in [-0.3, -0.25) is 0 Å². The number of nitrogens with one attached hydrogen (secondary N) is 1. The molecule has 0 fully saturated rings. The summed E-state index contributed by atoms with van der Waals surface area (Å²) in [6, 6.07) is 9.15. The molecular formula is C18H25NOS. The van der Waals surface area contributed by atoms with Gasteiger partial charge in [-0.25, -0.2) is 0 Å². The fourth-order valence-corrected chi connectivity index (χ4v) is 3.46. The summed E-state index contributed by atoms with van der Waals surface area (Å²) < 4.78 is 5.39. The predicted molar refractivity (Wildman–Crippen MR) is 91.1 cm³/mol. The van der Waals surface area contributed by atoms with Gasteiger partial charge in [-0.1, -0.05) is 30.7 Å². The van der Waals surface area contributed by atoms with E-state index in [2.05, 4.69) is 50.4 Å². The molecule has 0 radical (unpaired) electrons. The monoisotopic (exact) mass is 303 g/mol. The van der Waals surface area contributed by atoms with Gasteiger partial charge in [-0.05, 0) is 50.9 Å². The molecular weight excluding hydrogens is 278 g/mol. The Balaban J connectivity index is 2.13. The smallest absolute Gasteiger partial charge is 0.114 e. The number of furan rings is 1. The molecule has 2 nitrogen and oxygen atoms in total. The summed E-state index contributed by atoms with van der Waals surface area (Å²) in [5.41, 5.74) is 4.10. The van der Waals surface area contributed by atoms with E-state index in [1.54, 1.807) is 6.26 Å². The highest BCUT2D eigenvalue weighted by Crippen LogP contribution is 2.29. The van der Waals surface area contributed by atoms with Crippen LogP contribution in [0.1, 0.15) is 41.8 Å². The van der Waals surface area contributed by atoms with Crippen molar-refractivity contribution in [2.24, 2.45) is 0 Å². The van der Waals surface area contributed by atoms with Crippen molar-refractivity contribution in [3.63, 3.8) is 0 Å². The Morgan fingerprint density at radius 3 is 2.67 bits per heavy atom. The normalized spacial score (nSPS) is 12.6. The molecule has 0 bridgehead atoms. The van der Waals surface area contributed by atoms with Crippen LogP contribution in [-0.2, 0) is 0 Å². The van der Waals surface area contributed by atoms with Crippen LogP contribution < -0.4 is 5.32 Å². The average Bonchev–Trinajstić information content (AvgIpc) is 2.87. The van der Waals surface area contributed by atoms with E-state index in [-0.39, 0.29) is 0 Å². The van der Waals surface area contributed by atoms with Gasteiger partial charge in [-0.2, -0.15) is 0 Å². The zero-order valence-corrected chi connectivity index (χ0v) is 14.2. The van der Waals surface area contributed by atoms with Crippen molar-refractivity contribution in [3.05, 3.63) is 53.0 Å². The molecule has 0 aliphatic heterocycles. The minimum atomic E-state index is 0.379. The SMILES string of the molecule is CCCNC(CSc1ccoc1C)c1cc(C)ccc1C. The minimum absolute atomic E-state index is 0.379. The predicted octanol–water partition coefficient (Wildman–Crippen LogP) is 5.04. The fraction of sp³-hybridized carbons (Fsp3) is 0.444. The van der Waals surface area contributed by atoms with Crippen LogP contribution in [0.15, 0.2) is 39.8 Å². The van der Waals surface area contributed by atoms with Crippen molar-refractivity contribution < 1.29 is 4.42 Å². The molecule has 1 N–H and O–H groups in total. The topological polar surface area (TPSA) is 25.2 Å². The summed E-state index contributed by atoms with van der Waals surface area (Å²) in [6.07, 6.45) is 2.92. The Morgan fingerprint density at radius 1 is 1.19 bits per heavy atom. The molecule has 3 heteroatoms. The summed E-state index contributed by atoms with van der Waals surface area (Å²) in [7, 11) is 0. The van der Waals surface area contributed by atoms with E-state index in [0.717, 1.165) is 24.5 Å². The standard InChI is InChI=1S/C18H25NOS/c1-5-9-19-17(12-21-18-8-10-20-15(18)4)16-11-13(2)6-7-14(16)3/h6-8,10-11,17,19H,5,9,12H2,1-4H3. The number of thioether (sulfide) groups is 1. The van der Waals surface area contributed by atoms with Crippen LogP contribution in [0.4, 0.5) is 0 Å². The maximum Gasteiger partial charge on any atom is 0.114 e. The Labute approximate surface area is 132 Å². The number of aryl methyl sites for hydroxylation is 3. The lowest BCUT2D eigenvalue weighted by Gasteiger charge is -2.21. The molecule has 1 unspecified atom stereocenters. The van der Waals surface area contributed by atoms with Gasteiger partial charge in [0.1, 0.15) is 5.76 Å². The molecule has 0 saturated carbocycles. The first-order valence-corrected chi connectivity index (χ1v) is 8.57. The van der Waals surface area contributed by atoms with E-state index in [4.69, 9.17) is 4.42 Å². The van der Waals surface area contributed by atoms with Gasteiger partial charge in [0, 0.05) is 16.7 Å². The van der Waals surface area contributed by atoms with Gasteiger partial charge in [0.15, 0.2) is 0 Å². The van der Waals surface area contributed by atoms with Crippen molar-refractivity contribution in [2.75, 3.05) is 12.3 Å². The molecule has 0 saturated heterocycles. The molecule has 2 aromatic rings. The summed E-state index contributed by atoms with van der Waals surface area (Å²) in [6.45, 7) is 9.63. The number of hydrogen-bond acceptors (Lipinski definition) is 3. The third-order valence-corrected chi connectivity index (χ3v) is 4.90. The highest BCUT2D eigenvalue weighted by molar-refractivity contribution is 7.99. The third-order valence-electron chi connectivity index (χ3n) is 3.67. The van der Waals surface area contributed by atoms with Gasteiger partial charge in [0.05, 0.1) is 6.26 Å². The second-order valence-electron chi connectivity index (χ2n) is 5.52. The molecule has 114 valence electrons. The zero-order valence-electron chi connectivity index (χ0n) is 13.4. The Bertz CT molecular complexity index is 576. The van der Waals surface area contributed by atoms with E-state index < -0.39 is 0 Å². The summed E-state index contributed by atoms with van der Waals surface area (Å²) in [5.74, 6) is 2.03. The largest absolute Gasteiger partial charge is 0.468 e. The van der Waals surface area contributed by atoms with Crippen molar-refractivity contribution in [1.29, 1.82) is 0 Å². The van der Waals surface area contributed by atoms with E-state index >= 15 is 0 Å². The van der Waals surface area contributed by atoms with Crippen LogP contribution in [-0.4, -0.2) is 12.3 Å². The van der Waals surface area contributed by atoms with Gasteiger partial charge < -0.3 is 9.73 Å². The lowest BCUT2D eigenvalue weighted by Crippen LogP contribution is -2.25. The van der Waals surface area contributed by atoms with Gasteiger partial charge in [-0.15, -0.1) is 11.8 Å². The first-order valence-electron chi connectivity index (χ1n) is 7.59. The molecule has 21 heavy (non-hydrogen) atoms. The maximum absolute atomic E-state index is 5.39. The molecule has 1 atom stereocenters. The van der Waals surface area contributed by atoms with Gasteiger partial charge in [0.25, 0.3) is 0 Å². The quantitative estimate of drug-likeness (QED) is 0.726. The Morgan fingerprint density at radius 2 is 2.00 bits per heavy atom. The van der Waals surface area contributed by atoms with Crippen LogP contribution in [0.5, 0.6) is 0 Å². The molecule has 0 aliphatic rings. The van der Waals surface area contributed by atoms with E-state index in [1.165, 1.54) is 21.6 Å². The number of hydrogen-bond donors (Lipinski definition) is 1. The molecule has 0 amide bonds. The van der Waals surface area contributed by atoms with Crippen LogP contribution in [0.2, 0.25) is 0 Å². The highest BCUT2D eigenvalue weighted by atomic mass is 32.2. The molecule has 1 aromatic heterocycles.